The molecule has 3 heteroatoms. The molecule has 100 valence electrons. The van der Waals surface area contributed by atoms with E-state index in [1.165, 1.54) is 17.2 Å². The predicted octanol–water partition coefficient (Wildman–Crippen LogP) is 5.13. The lowest BCUT2D eigenvalue weighted by atomic mass is 10.1. The molecule has 0 unspecified atom stereocenters. The fourth-order valence-corrected chi connectivity index (χ4v) is 2.89. The third-order valence-electron chi connectivity index (χ3n) is 3.26. The summed E-state index contributed by atoms with van der Waals surface area (Å²) >= 11 is 3.49. The summed E-state index contributed by atoms with van der Waals surface area (Å²) in [5.41, 5.74) is 5.57. The van der Waals surface area contributed by atoms with Gasteiger partial charge in [-0.3, -0.25) is 0 Å². The van der Waals surface area contributed by atoms with Crippen molar-refractivity contribution in [3.05, 3.63) is 62.9 Å². The maximum Gasteiger partial charge on any atom is 0.123 e. The molecule has 0 amide bonds. The van der Waals surface area contributed by atoms with Crippen LogP contribution >= 0.6 is 15.9 Å². The van der Waals surface area contributed by atoms with Gasteiger partial charge >= 0.3 is 0 Å². The highest BCUT2D eigenvalue weighted by Gasteiger charge is 2.05. The van der Waals surface area contributed by atoms with Crippen molar-refractivity contribution >= 4 is 21.6 Å². The zero-order valence-corrected chi connectivity index (χ0v) is 12.9. The first-order chi connectivity index (χ1) is 8.97. The first-order valence-corrected chi connectivity index (χ1v) is 7.02. The van der Waals surface area contributed by atoms with Gasteiger partial charge in [-0.2, -0.15) is 0 Å². The van der Waals surface area contributed by atoms with Gasteiger partial charge in [-0.15, -0.1) is 0 Å². The molecular formula is C16H17BrFN. The maximum atomic E-state index is 13.3. The van der Waals surface area contributed by atoms with Gasteiger partial charge in [0.1, 0.15) is 5.82 Å². The van der Waals surface area contributed by atoms with Gasteiger partial charge in [0.15, 0.2) is 0 Å². The second kappa shape index (κ2) is 5.74. The van der Waals surface area contributed by atoms with Crippen LogP contribution in [0.25, 0.3) is 0 Å². The lowest BCUT2D eigenvalue weighted by molar-refractivity contribution is 0.625. The van der Waals surface area contributed by atoms with Crippen LogP contribution in [0, 0.1) is 26.6 Å². The zero-order chi connectivity index (χ0) is 14.0. The lowest BCUT2D eigenvalue weighted by Crippen LogP contribution is -2.04. The minimum absolute atomic E-state index is 0.188. The van der Waals surface area contributed by atoms with E-state index in [0.717, 1.165) is 21.3 Å². The second-order valence-corrected chi connectivity index (χ2v) is 5.75. The smallest absolute Gasteiger partial charge is 0.123 e. The van der Waals surface area contributed by atoms with Crippen molar-refractivity contribution in [1.29, 1.82) is 0 Å². The molecule has 0 aliphatic rings. The van der Waals surface area contributed by atoms with Crippen molar-refractivity contribution in [3.63, 3.8) is 0 Å². The fraction of sp³-hybridized carbons (Fsp3) is 0.250. The maximum absolute atomic E-state index is 13.3. The van der Waals surface area contributed by atoms with Crippen molar-refractivity contribution in [2.45, 2.75) is 27.3 Å². The molecule has 0 saturated heterocycles. The number of benzene rings is 2. The van der Waals surface area contributed by atoms with Gasteiger partial charge in [-0.25, -0.2) is 4.39 Å². The quantitative estimate of drug-likeness (QED) is 0.826. The van der Waals surface area contributed by atoms with Crippen molar-refractivity contribution < 1.29 is 4.39 Å². The lowest BCUT2D eigenvalue weighted by Gasteiger charge is -2.14. The molecule has 1 N–H and O–H groups in total. The normalized spacial score (nSPS) is 10.6. The number of nitrogens with one attached hydrogen (secondary N) is 1. The Hall–Kier alpha value is -1.35. The van der Waals surface area contributed by atoms with Crippen LogP contribution < -0.4 is 5.32 Å². The summed E-state index contributed by atoms with van der Waals surface area (Å²) in [6.45, 7) is 6.77. The molecule has 0 aliphatic heterocycles. The van der Waals surface area contributed by atoms with Crippen LogP contribution in [0.5, 0.6) is 0 Å². The van der Waals surface area contributed by atoms with E-state index >= 15 is 0 Å². The highest BCUT2D eigenvalue weighted by Crippen LogP contribution is 2.26. The molecular weight excluding hydrogens is 305 g/mol. The van der Waals surface area contributed by atoms with Crippen LogP contribution in [0.4, 0.5) is 10.1 Å². The molecule has 0 bridgehead atoms. The Bertz CT molecular complexity index is 585. The van der Waals surface area contributed by atoms with E-state index in [4.69, 9.17) is 0 Å². The minimum atomic E-state index is -0.188. The van der Waals surface area contributed by atoms with Crippen LogP contribution in [0.2, 0.25) is 0 Å². The van der Waals surface area contributed by atoms with E-state index in [0.29, 0.717) is 6.54 Å². The van der Waals surface area contributed by atoms with Gasteiger partial charge in [-0.05, 0) is 67.3 Å². The summed E-state index contributed by atoms with van der Waals surface area (Å²) in [6, 6.07) is 9.05. The highest BCUT2D eigenvalue weighted by atomic mass is 79.9. The molecule has 0 radical (unpaired) electrons. The third kappa shape index (κ3) is 3.35. The molecule has 0 aromatic heterocycles. The number of rotatable bonds is 3. The average molecular weight is 322 g/mol. The average Bonchev–Trinajstić information content (AvgIpc) is 2.32. The number of halogens is 2. The van der Waals surface area contributed by atoms with Crippen molar-refractivity contribution in [2.24, 2.45) is 0 Å². The molecule has 0 aliphatic carbocycles. The Balaban J connectivity index is 2.21. The molecule has 1 nitrogen and oxygen atoms in total. The van der Waals surface area contributed by atoms with Crippen LogP contribution in [0.3, 0.4) is 0 Å². The number of anilines is 1. The van der Waals surface area contributed by atoms with Crippen LogP contribution in [0.15, 0.2) is 34.8 Å². The van der Waals surface area contributed by atoms with Crippen molar-refractivity contribution in [2.75, 3.05) is 5.32 Å². The molecule has 0 atom stereocenters. The standard InChI is InChI=1S/C16H17BrFN/c1-10-4-5-15(18)8-13(10)9-19-16-11(2)6-14(17)7-12(16)3/h4-8,19H,9H2,1-3H3. The summed E-state index contributed by atoms with van der Waals surface area (Å²) in [4.78, 5) is 0. The van der Waals surface area contributed by atoms with Crippen LogP contribution in [0.1, 0.15) is 22.3 Å². The van der Waals surface area contributed by atoms with Crippen LogP contribution in [-0.2, 0) is 6.54 Å². The monoisotopic (exact) mass is 321 g/mol. The van der Waals surface area contributed by atoms with Gasteiger partial charge in [0, 0.05) is 16.7 Å². The molecule has 2 aromatic carbocycles. The summed E-state index contributed by atoms with van der Waals surface area (Å²) in [6.07, 6.45) is 0. The Morgan fingerprint density at radius 1 is 1.00 bits per heavy atom. The number of hydrogen-bond donors (Lipinski definition) is 1. The summed E-state index contributed by atoms with van der Waals surface area (Å²) < 4.78 is 14.3. The summed E-state index contributed by atoms with van der Waals surface area (Å²) in [5.74, 6) is -0.188. The molecule has 0 fully saturated rings. The largest absolute Gasteiger partial charge is 0.381 e. The Labute approximate surface area is 122 Å². The van der Waals surface area contributed by atoms with Gasteiger partial charge in [0.05, 0.1) is 0 Å². The Morgan fingerprint density at radius 2 is 1.63 bits per heavy atom. The SMILES string of the molecule is Cc1ccc(F)cc1CNc1c(C)cc(Br)cc1C. The molecule has 0 saturated carbocycles. The molecule has 0 heterocycles. The van der Waals surface area contributed by atoms with Crippen molar-refractivity contribution in [1.82, 2.24) is 0 Å². The first kappa shape index (κ1) is 14.1. The van der Waals surface area contributed by atoms with Gasteiger partial charge in [-0.1, -0.05) is 22.0 Å². The third-order valence-corrected chi connectivity index (χ3v) is 3.72. The Kier molecular flexibility index (Phi) is 4.25. The zero-order valence-electron chi connectivity index (χ0n) is 11.3. The highest BCUT2D eigenvalue weighted by molar-refractivity contribution is 9.10. The topological polar surface area (TPSA) is 12.0 Å². The molecule has 2 aromatic rings. The predicted molar refractivity (Wildman–Crippen MR) is 82.1 cm³/mol. The van der Waals surface area contributed by atoms with Gasteiger partial charge in [0.25, 0.3) is 0 Å². The van der Waals surface area contributed by atoms with E-state index in [1.54, 1.807) is 6.07 Å². The number of aryl methyl sites for hydroxylation is 3. The van der Waals surface area contributed by atoms with Gasteiger partial charge in [0.2, 0.25) is 0 Å². The van der Waals surface area contributed by atoms with E-state index < -0.39 is 0 Å². The Morgan fingerprint density at radius 3 is 2.26 bits per heavy atom. The van der Waals surface area contributed by atoms with E-state index in [9.17, 15) is 4.39 Å². The number of hydrogen-bond acceptors (Lipinski definition) is 1. The molecule has 19 heavy (non-hydrogen) atoms. The summed E-state index contributed by atoms with van der Waals surface area (Å²) in [7, 11) is 0. The van der Waals surface area contributed by atoms with Crippen molar-refractivity contribution in [3.8, 4) is 0 Å². The first-order valence-electron chi connectivity index (χ1n) is 6.23. The van der Waals surface area contributed by atoms with Crippen LogP contribution in [-0.4, -0.2) is 0 Å². The second-order valence-electron chi connectivity index (χ2n) is 4.84. The fourth-order valence-electron chi connectivity index (χ4n) is 2.20. The summed E-state index contributed by atoms with van der Waals surface area (Å²) in [5, 5.41) is 3.41. The molecule has 0 spiro atoms. The minimum Gasteiger partial charge on any atom is -0.381 e. The van der Waals surface area contributed by atoms with E-state index in [2.05, 4.69) is 47.2 Å². The van der Waals surface area contributed by atoms with E-state index in [1.807, 2.05) is 13.0 Å². The molecule has 2 rings (SSSR count). The van der Waals surface area contributed by atoms with Gasteiger partial charge < -0.3 is 5.32 Å². The van der Waals surface area contributed by atoms with E-state index in [-0.39, 0.29) is 5.82 Å².